The van der Waals surface area contributed by atoms with Gasteiger partial charge in [-0.05, 0) is 36.5 Å². The van der Waals surface area contributed by atoms with Crippen molar-refractivity contribution in [3.8, 4) is 0 Å². The summed E-state index contributed by atoms with van der Waals surface area (Å²) in [7, 11) is 0. The van der Waals surface area contributed by atoms with Crippen molar-refractivity contribution < 1.29 is 13.2 Å². The van der Waals surface area contributed by atoms with Crippen LogP contribution in [0.2, 0.25) is 0 Å². The lowest BCUT2D eigenvalue weighted by Gasteiger charge is -2.31. The zero-order valence-electron chi connectivity index (χ0n) is 8.80. The van der Waals surface area contributed by atoms with Crippen molar-refractivity contribution in [3.63, 3.8) is 0 Å². The average Bonchev–Trinajstić information content (AvgIpc) is 2.14. The minimum atomic E-state index is -4.26. The summed E-state index contributed by atoms with van der Waals surface area (Å²) < 4.78 is 37.0. The van der Waals surface area contributed by atoms with Gasteiger partial charge >= 0.3 is 6.18 Å². The van der Waals surface area contributed by atoms with E-state index < -0.39 is 11.7 Å². The molecule has 0 saturated heterocycles. The number of hydrogen-bond acceptors (Lipinski definition) is 1. The maximum absolute atomic E-state index is 12.3. The molecule has 4 heteroatoms. The van der Waals surface area contributed by atoms with Gasteiger partial charge in [0.25, 0.3) is 0 Å². The fourth-order valence-corrected chi connectivity index (χ4v) is 1.97. The van der Waals surface area contributed by atoms with Gasteiger partial charge in [0.15, 0.2) is 0 Å². The first kappa shape index (κ1) is 11.5. The molecule has 0 heterocycles. The van der Waals surface area contributed by atoms with Crippen LogP contribution in [0.4, 0.5) is 13.2 Å². The van der Waals surface area contributed by atoms with Crippen LogP contribution in [-0.2, 0) is 6.18 Å². The van der Waals surface area contributed by atoms with E-state index in [0.717, 1.165) is 30.5 Å². The minimum Gasteiger partial charge on any atom is -0.324 e. The van der Waals surface area contributed by atoms with Gasteiger partial charge in [-0.2, -0.15) is 13.2 Å². The van der Waals surface area contributed by atoms with Gasteiger partial charge in [-0.1, -0.05) is 18.6 Å². The van der Waals surface area contributed by atoms with Crippen molar-refractivity contribution in [1.29, 1.82) is 0 Å². The molecule has 1 aliphatic rings. The monoisotopic (exact) mass is 229 g/mol. The van der Waals surface area contributed by atoms with Crippen LogP contribution in [0, 0.1) is 5.92 Å². The molecule has 2 rings (SSSR count). The molecule has 0 aliphatic heterocycles. The zero-order chi connectivity index (χ0) is 11.8. The second kappa shape index (κ2) is 4.09. The van der Waals surface area contributed by atoms with Gasteiger partial charge < -0.3 is 5.73 Å². The topological polar surface area (TPSA) is 26.0 Å². The molecule has 1 atom stereocenters. The molecule has 0 bridgehead atoms. The van der Waals surface area contributed by atoms with E-state index >= 15 is 0 Å². The second-order valence-electron chi connectivity index (χ2n) is 4.34. The Morgan fingerprint density at radius 3 is 2.06 bits per heavy atom. The molecule has 1 unspecified atom stereocenters. The fraction of sp³-hybridized carbons (Fsp3) is 0.500. The van der Waals surface area contributed by atoms with Crippen LogP contribution in [0.3, 0.4) is 0 Å². The molecular weight excluding hydrogens is 215 g/mol. The summed E-state index contributed by atoms with van der Waals surface area (Å²) in [5.74, 6) is 0.441. The Morgan fingerprint density at radius 1 is 1.12 bits per heavy atom. The van der Waals surface area contributed by atoms with Crippen LogP contribution in [0.5, 0.6) is 0 Å². The van der Waals surface area contributed by atoms with Crippen LogP contribution in [0.25, 0.3) is 0 Å². The molecule has 0 aromatic heterocycles. The van der Waals surface area contributed by atoms with Crippen molar-refractivity contribution in [2.24, 2.45) is 11.7 Å². The smallest absolute Gasteiger partial charge is 0.324 e. The SMILES string of the molecule is NC(c1ccc(C(F)(F)F)cc1)C1CCC1. The van der Waals surface area contributed by atoms with Crippen LogP contribution < -0.4 is 5.73 Å². The Morgan fingerprint density at radius 2 is 1.69 bits per heavy atom. The lowest BCUT2D eigenvalue weighted by Crippen LogP contribution is -2.26. The van der Waals surface area contributed by atoms with Crippen LogP contribution in [-0.4, -0.2) is 0 Å². The van der Waals surface area contributed by atoms with Gasteiger partial charge in [-0.25, -0.2) is 0 Å². The quantitative estimate of drug-likeness (QED) is 0.825. The molecule has 88 valence electrons. The van der Waals surface area contributed by atoms with E-state index in [-0.39, 0.29) is 6.04 Å². The van der Waals surface area contributed by atoms with E-state index in [0.29, 0.717) is 5.92 Å². The van der Waals surface area contributed by atoms with Crippen molar-refractivity contribution in [3.05, 3.63) is 35.4 Å². The van der Waals surface area contributed by atoms with Gasteiger partial charge in [-0.15, -0.1) is 0 Å². The number of halogens is 3. The summed E-state index contributed by atoms with van der Waals surface area (Å²) in [6.07, 6.45) is -0.914. The molecule has 1 aliphatic carbocycles. The Bertz CT molecular complexity index is 352. The fourth-order valence-electron chi connectivity index (χ4n) is 1.97. The maximum atomic E-state index is 12.3. The first-order valence-electron chi connectivity index (χ1n) is 5.41. The molecule has 1 saturated carbocycles. The molecule has 1 aromatic rings. The van der Waals surface area contributed by atoms with Crippen molar-refractivity contribution in [2.75, 3.05) is 0 Å². The highest BCUT2D eigenvalue weighted by Crippen LogP contribution is 2.37. The summed E-state index contributed by atoms with van der Waals surface area (Å²) in [5, 5.41) is 0. The van der Waals surface area contributed by atoms with Gasteiger partial charge in [-0.3, -0.25) is 0 Å². The van der Waals surface area contributed by atoms with E-state index in [1.807, 2.05) is 0 Å². The molecular formula is C12H14F3N. The number of benzene rings is 1. The summed E-state index contributed by atoms with van der Waals surface area (Å²) in [6.45, 7) is 0. The summed E-state index contributed by atoms with van der Waals surface area (Å²) in [6, 6.07) is 5.08. The number of rotatable bonds is 2. The lowest BCUT2D eigenvalue weighted by molar-refractivity contribution is -0.137. The first-order valence-corrected chi connectivity index (χ1v) is 5.41. The van der Waals surface area contributed by atoms with E-state index in [1.54, 1.807) is 0 Å². The number of nitrogens with two attached hydrogens (primary N) is 1. The van der Waals surface area contributed by atoms with Gasteiger partial charge in [0.1, 0.15) is 0 Å². The van der Waals surface area contributed by atoms with Crippen LogP contribution in [0.15, 0.2) is 24.3 Å². The highest BCUT2D eigenvalue weighted by Gasteiger charge is 2.31. The van der Waals surface area contributed by atoms with E-state index in [1.165, 1.54) is 18.6 Å². The third-order valence-corrected chi connectivity index (χ3v) is 3.28. The van der Waals surface area contributed by atoms with Crippen molar-refractivity contribution in [2.45, 2.75) is 31.5 Å². The Hall–Kier alpha value is -1.03. The maximum Gasteiger partial charge on any atom is 0.416 e. The predicted molar refractivity (Wildman–Crippen MR) is 55.7 cm³/mol. The van der Waals surface area contributed by atoms with Crippen LogP contribution in [0.1, 0.15) is 36.4 Å². The molecule has 0 amide bonds. The van der Waals surface area contributed by atoms with E-state index in [4.69, 9.17) is 5.73 Å². The largest absolute Gasteiger partial charge is 0.416 e. The second-order valence-corrected chi connectivity index (χ2v) is 4.34. The van der Waals surface area contributed by atoms with E-state index in [9.17, 15) is 13.2 Å². The van der Waals surface area contributed by atoms with Gasteiger partial charge in [0.2, 0.25) is 0 Å². The molecule has 1 nitrogen and oxygen atoms in total. The number of alkyl halides is 3. The predicted octanol–water partition coefficient (Wildman–Crippen LogP) is 3.51. The molecule has 1 aromatic carbocycles. The first-order chi connectivity index (χ1) is 7.48. The standard InChI is InChI=1S/C12H14F3N/c13-12(14,15)10-6-4-9(5-7-10)11(16)8-2-1-3-8/h4-8,11H,1-3,16H2. The summed E-state index contributed by atoms with van der Waals surface area (Å²) >= 11 is 0. The zero-order valence-corrected chi connectivity index (χ0v) is 8.80. The summed E-state index contributed by atoms with van der Waals surface area (Å²) in [5.41, 5.74) is 6.17. The molecule has 2 N–H and O–H groups in total. The average molecular weight is 229 g/mol. The normalized spacial score (nSPS) is 19.2. The third-order valence-electron chi connectivity index (χ3n) is 3.28. The molecule has 0 radical (unpaired) electrons. The van der Waals surface area contributed by atoms with Crippen molar-refractivity contribution in [1.82, 2.24) is 0 Å². The Labute approximate surface area is 92.5 Å². The molecule has 16 heavy (non-hydrogen) atoms. The van der Waals surface area contributed by atoms with Gasteiger partial charge in [0, 0.05) is 6.04 Å². The summed E-state index contributed by atoms with van der Waals surface area (Å²) in [4.78, 5) is 0. The lowest BCUT2D eigenvalue weighted by atomic mass is 9.77. The molecule has 1 fully saturated rings. The number of hydrogen-bond donors (Lipinski definition) is 1. The third kappa shape index (κ3) is 2.21. The highest BCUT2D eigenvalue weighted by atomic mass is 19.4. The highest BCUT2D eigenvalue weighted by molar-refractivity contribution is 5.27. The van der Waals surface area contributed by atoms with Gasteiger partial charge in [0.05, 0.1) is 5.56 Å². The Balaban J connectivity index is 2.12. The Kier molecular flexibility index (Phi) is 2.93. The van der Waals surface area contributed by atoms with E-state index in [2.05, 4.69) is 0 Å². The minimum absolute atomic E-state index is 0.115. The molecule has 0 spiro atoms. The van der Waals surface area contributed by atoms with Crippen molar-refractivity contribution >= 4 is 0 Å². The van der Waals surface area contributed by atoms with Crippen LogP contribution >= 0.6 is 0 Å².